The highest BCUT2D eigenvalue weighted by atomic mass is 16.1. The molecule has 0 aliphatic carbocycles. The van der Waals surface area contributed by atoms with Crippen molar-refractivity contribution in [3.8, 4) is 0 Å². The first kappa shape index (κ1) is 18.0. The van der Waals surface area contributed by atoms with Crippen LogP contribution in [0.5, 0.6) is 0 Å². The number of benzene rings is 1. The van der Waals surface area contributed by atoms with E-state index >= 15 is 0 Å². The van der Waals surface area contributed by atoms with Gasteiger partial charge in [0.2, 0.25) is 5.91 Å². The Morgan fingerprint density at radius 1 is 1.17 bits per heavy atom. The van der Waals surface area contributed by atoms with Crippen LogP contribution in [0.4, 0.5) is 0 Å². The van der Waals surface area contributed by atoms with Crippen LogP contribution in [0.15, 0.2) is 24.3 Å². The molecule has 23 heavy (non-hydrogen) atoms. The molecule has 2 rings (SSSR count). The summed E-state index contributed by atoms with van der Waals surface area (Å²) >= 11 is 0. The smallest absolute Gasteiger partial charge is 0.224 e. The van der Waals surface area contributed by atoms with Crippen molar-refractivity contribution in [2.24, 2.45) is 5.92 Å². The van der Waals surface area contributed by atoms with Crippen molar-refractivity contribution in [1.29, 1.82) is 0 Å². The van der Waals surface area contributed by atoms with Crippen molar-refractivity contribution in [2.75, 3.05) is 19.6 Å². The highest BCUT2D eigenvalue weighted by molar-refractivity contribution is 5.78. The fourth-order valence-corrected chi connectivity index (χ4v) is 3.35. The van der Waals surface area contributed by atoms with Crippen LogP contribution in [0.1, 0.15) is 51.2 Å². The van der Waals surface area contributed by atoms with Gasteiger partial charge in [0.05, 0.1) is 6.42 Å². The summed E-state index contributed by atoms with van der Waals surface area (Å²) in [5, 5.41) is 3.21. The van der Waals surface area contributed by atoms with Crippen LogP contribution >= 0.6 is 0 Å². The van der Waals surface area contributed by atoms with E-state index in [1.807, 2.05) is 0 Å². The number of carbonyl (C=O) groups excluding carboxylic acids is 1. The number of nitrogens with one attached hydrogen (secondary N) is 1. The molecule has 0 unspecified atom stereocenters. The van der Waals surface area contributed by atoms with Crippen LogP contribution in [0.2, 0.25) is 0 Å². The van der Waals surface area contributed by atoms with Gasteiger partial charge in [0.1, 0.15) is 0 Å². The lowest BCUT2D eigenvalue weighted by Gasteiger charge is -2.32. The van der Waals surface area contributed by atoms with Gasteiger partial charge in [0.25, 0.3) is 0 Å². The number of hydrogen-bond acceptors (Lipinski definition) is 2. The predicted molar refractivity (Wildman–Crippen MR) is 96.6 cm³/mol. The third-order valence-electron chi connectivity index (χ3n) is 4.52. The zero-order chi connectivity index (χ0) is 16.7. The molecule has 0 spiro atoms. The van der Waals surface area contributed by atoms with E-state index in [1.54, 1.807) is 0 Å². The molecule has 1 amide bonds. The average Bonchev–Trinajstić information content (AvgIpc) is 2.51. The van der Waals surface area contributed by atoms with Crippen molar-refractivity contribution in [3.05, 3.63) is 35.4 Å². The van der Waals surface area contributed by atoms with Crippen molar-refractivity contribution in [3.63, 3.8) is 0 Å². The molecule has 1 heterocycles. The van der Waals surface area contributed by atoms with Gasteiger partial charge in [0, 0.05) is 19.1 Å². The summed E-state index contributed by atoms with van der Waals surface area (Å²) in [5.41, 5.74) is 2.46. The Labute approximate surface area is 141 Å². The van der Waals surface area contributed by atoms with E-state index in [0.717, 1.165) is 37.9 Å². The Hall–Kier alpha value is -1.35. The van der Waals surface area contributed by atoms with Gasteiger partial charge >= 0.3 is 0 Å². The average molecular weight is 316 g/mol. The Bertz CT molecular complexity index is 473. The van der Waals surface area contributed by atoms with E-state index in [2.05, 4.69) is 55.3 Å². The second-order valence-corrected chi connectivity index (χ2v) is 7.27. The molecule has 3 heteroatoms. The first-order valence-corrected chi connectivity index (χ1v) is 9.16. The maximum Gasteiger partial charge on any atom is 0.224 e. The Kier molecular flexibility index (Phi) is 7.10. The highest BCUT2D eigenvalue weighted by Gasteiger charge is 2.19. The van der Waals surface area contributed by atoms with Gasteiger partial charge in [-0.25, -0.2) is 0 Å². The summed E-state index contributed by atoms with van der Waals surface area (Å²) in [5.74, 6) is 0.832. The molecular formula is C20H32N2O. The first-order chi connectivity index (χ1) is 11.1. The maximum atomic E-state index is 12.2. The van der Waals surface area contributed by atoms with E-state index in [1.165, 1.54) is 18.5 Å². The van der Waals surface area contributed by atoms with Gasteiger partial charge in [-0.3, -0.25) is 4.79 Å². The second-order valence-electron chi connectivity index (χ2n) is 7.27. The monoisotopic (exact) mass is 316 g/mol. The molecule has 1 saturated heterocycles. The fraction of sp³-hybridized carbons (Fsp3) is 0.650. The summed E-state index contributed by atoms with van der Waals surface area (Å²) in [4.78, 5) is 14.7. The molecule has 1 fully saturated rings. The summed E-state index contributed by atoms with van der Waals surface area (Å²) < 4.78 is 0. The van der Waals surface area contributed by atoms with E-state index in [9.17, 15) is 4.79 Å². The van der Waals surface area contributed by atoms with Gasteiger partial charge in [-0.2, -0.15) is 0 Å². The SMILES string of the molecule is CCCN1CCC(NC(=O)Cc2ccc(CC(C)C)cc2)CC1. The normalized spacial score (nSPS) is 16.7. The maximum absolute atomic E-state index is 12.2. The van der Waals surface area contributed by atoms with Crippen LogP contribution in [-0.2, 0) is 17.6 Å². The lowest BCUT2D eigenvalue weighted by Crippen LogP contribution is -2.45. The van der Waals surface area contributed by atoms with E-state index in [4.69, 9.17) is 0 Å². The molecule has 1 aliphatic rings. The highest BCUT2D eigenvalue weighted by Crippen LogP contribution is 2.12. The first-order valence-electron chi connectivity index (χ1n) is 9.16. The lowest BCUT2D eigenvalue weighted by atomic mass is 10.0. The number of piperidine rings is 1. The summed E-state index contributed by atoms with van der Waals surface area (Å²) in [6.45, 7) is 10.1. The van der Waals surface area contributed by atoms with Crippen LogP contribution < -0.4 is 5.32 Å². The van der Waals surface area contributed by atoms with Gasteiger partial charge in [-0.15, -0.1) is 0 Å². The summed E-state index contributed by atoms with van der Waals surface area (Å²) in [6, 6.07) is 8.87. The molecular weight excluding hydrogens is 284 g/mol. The summed E-state index contributed by atoms with van der Waals surface area (Å²) in [7, 11) is 0. The van der Waals surface area contributed by atoms with Crippen LogP contribution in [0, 0.1) is 5.92 Å². The van der Waals surface area contributed by atoms with Gasteiger partial charge in [-0.1, -0.05) is 45.0 Å². The van der Waals surface area contributed by atoms with Crippen molar-refractivity contribution >= 4 is 5.91 Å². The number of nitrogens with zero attached hydrogens (tertiary/aromatic N) is 1. The van der Waals surface area contributed by atoms with Crippen molar-refractivity contribution < 1.29 is 4.79 Å². The molecule has 1 aromatic carbocycles. The van der Waals surface area contributed by atoms with Crippen LogP contribution in [0.25, 0.3) is 0 Å². The number of likely N-dealkylation sites (tertiary alicyclic amines) is 1. The third kappa shape index (κ3) is 6.34. The minimum Gasteiger partial charge on any atom is -0.353 e. The second kappa shape index (κ2) is 9.07. The Morgan fingerprint density at radius 3 is 2.35 bits per heavy atom. The molecule has 128 valence electrons. The Balaban J connectivity index is 1.74. The minimum atomic E-state index is 0.163. The minimum absolute atomic E-state index is 0.163. The molecule has 1 N–H and O–H groups in total. The quantitative estimate of drug-likeness (QED) is 0.836. The van der Waals surface area contributed by atoms with E-state index in [-0.39, 0.29) is 5.91 Å². The largest absolute Gasteiger partial charge is 0.353 e. The standard InChI is InChI=1S/C20H32N2O/c1-4-11-22-12-9-19(10-13-22)21-20(23)15-18-7-5-17(6-8-18)14-16(2)3/h5-8,16,19H,4,9-15H2,1-3H3,(H,21,23). The topological polar surface area (TPSA) is 32.3 Å². The van der Waals surface area contributed by atoms with E-state index in [0.29, 0.717) is 18.4 Å². The molecule has 0 atom stereocenters. The van der Waals surface area contributed by atoms with E-state index < -0.39 is 0 Å². The summed E-state index contributed by atoms with van der Waals surface area (Å²) in [6.07, 6.45) is 4.97. The van der Waals surface area contributed by atoms with Crippen molar-refractivity contribution in [2.45, 2.75) is 58.9 Å². The molecule has 0 aromatic heterocycles. The lowest BCUT2D eigenvalue weighted by molar-refractivity contribution is -0.121. The number of amides is 1. The van der Waals surface area contributed by atoms with Gasteiger partial charge in [-0.05, 0) is 49.3 Å². The number of hydrogen-bond donors (Lipinski definition) is 1. The number of carbonyl (C=O) groups is 1. The van der Waals surface area contributed by atoms with Crippen molar-refractivity contribution in [1.82, 2.24) is 10.2 Å². The van der Waals surface area contributed by atoms with Gasteiger partial charge in [0.15, 0.2) is 0 Å². The molecule has 0 bridgehead atoms. The number of rotatable bonds is 7. The Morgan fingerprint density at radius 2 is 1.78 bits per heavy atom. The molecule has 0 saturated carbocycles. The molecule has 0 radical (unpaired) electrons. The predicted octanol–water partition coefficient (Wildman–Crippen LogP) is 3.42. The molecule has 3 nitrogen and oxygen atoms in total. The molecule has 1 aromatic rings. The van der Waals surface area contributed by atoms with Crippen LogP contribution in [0.3, 0.4) is 0 Å². The van der Waals surface area contributed by atoms with Crippen LogP contribution in [-0.4, -0.2) is 36.5 Å². The zero-order valence-electron chi connectivity index (χ0n) is 15.0. The third-order valence-corrected chi connectivity index (χ3v) is 4.52. The molecule has 1 aliphatic heterocycles. The zero-order valence-corrected chi connectivity index (χ0v) is 15.0. The van der Waals surface area contributed by atoms with Gasteiger partial charge < -0.3 is 10.2 Å². The fourth-order valence-electron chi connectivity index (χ4n) is 3.35.